The zero-order valence-electron chi connectivity index (χ0n) is 10.2. The van der Waals surface area contributed by atoms with Crippen LogP contribution in [0.4, 0.5) is 0 Å². The van der Waals surface area contributed by atoms with Crippen molar-refractivity contribution in [1.29, 1.82) is 0 Å². The maximum Gasteiger partial charge on any atom is 0.328 e. The van der Waals surface area contributed by atoms with Crippen molar-refractivity contribution in [2.75, 3.05) is 0 Å². The number of carboxylic acid groups (broad SMARTS) is 1. The van der Waals surface area contributed by atoms with Crippen LogP contribution in [0.15, 0.2) is 40.0 Å². The fourth-order valence-electron chi connectivity index (χ4n) is 1.44. The fourth-order valence-corrected chi connectivity index (χ4v) is 2.18. The molecule has 0 spiro atoms. The molecule has 1 N–H and O–H groups in total. The SMILES string of the molecule is Cc1nnc(SCc2cccc(C=CC(=O)O)c2)o1. The van der Waals surface area contributed by atoms with Crippen LogP contribution >= 0.6 is 11.8 Å². The monoisotopic (exact) mass is 276 g/mol. The van der Waals surface area contributed by atoms with Gasteiger partial charge in [-0.1, -0.05) is 36.0 Å². The van der Waals surface area contributed by atoms with E-state index in [0.29, 0.717) is 16.9 Å². The highest BCUT2D eigenvalue weighted by atomic mass is 32.2. The quantitative estimate of drug-likeness (QED) is 0.668. The van der Waals surface area contributed by atoms with Gasteiger partial charge >= 0.3 is 5.97 Å². The molecule has 0 atom stereocenters. The Balaban J connectivity index is 2.00. The first-order valence-electron chi connectivity index (χ1n) is 5.56. The smallest absolute Gasteiger partial charge is 0.328 e. The van der Waals surface area contributed by atoms with Crippen molar-refractivity contribution in [3.05, 3.63) is 47.4 Å². The van der Waals surface area contributed by atoms with E-state index in [9.17, 15) is 4.79 Å². The summed E-state index contributed by atoms with van der Waals surface area (Å²) in [6.45, 7) is 1.74. The van der Waals surface area contributed by atoms with Crippen LogP contribution in [0.1, 0.15) is 17.0 Å². The third kappa shape index (κ3) is 4.26. The first-order chi connectivity index (χ1) is 9.13. The maximum atomic E-state index is 10.5. The topological polar surface area (TPSA) is 76.2 Å². The van der Waals surface area contributed by atoms with E-state index in [4.69, 9.17) is 9.52 Å². The lowest BCUT2D eigenvalue weighted by Crippen LogP contribution is -1.86. The number of thioether (sulfide) groups is 1. The van der Waals surface area contributed by atoms with Crippen LogP contribution < -0.4 is 0 Å². The molecule has 0 aliphatic carbocycles. The summed E-state index contributed by atoms with van der Waals surface area (Å²) < 4.78 is 5.26. The average Bonchev–Trinajstić information content (AvgIpc) is 2.80. The number of aliphatic carboxylic acids is 1. The summed E-state index contributed by atoms with van der Waals surface area (Å²) >= 11 is 1.45. The zero-order chi connectivity index (χ0) is 13.7. The standard InChI is InChI=1S/C13H12N2O3S/c1-9-14-15-13(18-9)19-8-11-4-2-3-10(7-11)5-6-12(16)17/h2-7H,8H2,1H3,(H,16,17). The third-order valence-electron chi connectivity index (χ3n) is 2.24. The number of hydrogen-bond acceptors (Lipinski definition) is 5. The second kappa shape index (κ2) is 6.19. The second-order valence-corrected chi connectivity index (χ2v) is 4.72. The number of benzene rings is 1. The van der Waals surface area contributed by atoms with Crippen LogP contribution in [-0.2, 0) is 10.5 Å². The van der Waals surface area contributed by atoms with Crippen molar-refractivity contribution in [2.45, 2.75) is 17.9 Å². The number of carbonyl (C=O) groups is 1. The fraction of sp³-hybridized carbons (Fsp3) is 0.154. The molecule has 1 aromatic carbocycles. The Labute approximate surface area is 114 Å². The van der Waals surface area contributed by atoms with Crippen LogP contribution in [0, 0.1) is 6.92 Å². The Bertz CT molecular complexity index is 607. The Morgan fingerprint density at radius 2 is 2.32 bits per heavy atom. The van der Waals surface area contributed by atoms with Gasteiger partial charge in [0.1, 0.15) is 0 Å². The lowest BCUT2D eigenvalue weighted by atomic mass is 10.1. The molecule has 0 aliphatic heterocycles. The van der Waals surface area contributed by atoms with E-state index >= 15 is 0 Å². The van der Waals surface area contributed by atoms with Crippen molar-refractivity contribution in [3.8, 4) is 0 Å². The van der Waals surface area contributed by atoms with Crippen LogP contribution in [0.5, 0.6) is 0 Å². The number of carboxylic acids is 1. The van der Waals surface area contributed by atoms with E-state index < -0.39 is 5.97 Å². The summed E-state index contributed by atoms with van der Waals surface area (Å²) in [5, 5.41) is 16.8. The third-order valence-corrected chi connectivity index (χ3v) is 3.13. The predicted molar refractivity (Wildman–Crippen MR) is 71.7 cm³/mol. The largest absolute Gasteiger partial charge is 0.478 e. The molecule has 2 rings (SSSR count). The van der Waals surface area contributed by atoms with Gasteiger partial charge in [-0.25, -0.2) is 4.79 Å². The lowest BCUT2D eigenvalue weighted by molar-refractivity contribution is -0.131. The molecule has 0 bridgehead atoms. The second-order valence-electron chi connectivity index (χ2n) is 3.79. The molecule has 0 radical (unpaired) electrons. The van der Waals surface area contributed by atoms with Gasteiger partial charge in [0.2, 0.25) is 5.89 Å². The molecule has 0 unspecified atom stereocenters. The molecule has 0 saturated carbocycles. The van der Waals surface area contributed by atoms with Gasteiger partial charge in [-0.3, -0.25) is 0 Å². The molecule has 1 aromatic heterocycles. The number of nitrogens with zero attached hydrogens (tertiary/aromatic N) is 2. The molecular formula is C13H12N2O3S. The lowest BCUT2D eigenvalue weighted by Gasteiger charge is -2.00. The van der Waals surface area contributed by atoms with E-state index in [1.165, 1.54) is 11.8 Å². The molecule has 0 saturated heterocycles. The van der Waals surface area contributed by atoms with Crippen molar-refractivity contribution in [1.82, 2.24) is 10.2 Å². The van der Waals surface area contributed by atoms with Gasteiger partial charge in [0.25, 0.3) is 5.22 Å². The number of hydrogen-bond donors (Lipinski definition) is 1. The summed E-state index contributed by atoms with van der Waals surface area (Å²) in [5.74, 6) is 0.276. The summed E-state index contributed by atoms with van der Waals surface area (Å²) in [7, 11) is 0. The molecule has 19 heavy (non-hydrogen) atoms. The Morgan fingerprint density at radius 3 is 3.00 bits per heavy atom. The number of aryl methyl sites for hydroxylation is 1. The van der Waals surface area contributed by atoms with Crippen LogP contribution in [0.25, 0.3) is 6.08 Å². The van der Waals surface area contributed by atoms with Crippen molar-refractivity contribution in [3.63, 3.8) is 0 Å². The molecule has 98 valence electrons. The van der Waals surface area contributed by atoms with Gasteiger partial charge in [-0.15, -0.1) is 10.2 Å². The Hall–Kier alpha value is -2.08. The molecule has 0 fully saturated rings. The summed E-state index contributed by atoms with van der Waals surface area (Å²) in [4.78, 5) is 10.5. The van der Waals surface area contributed by atoms with E-state index in [0.717, 1.165) is 17.2 Å². The van der Waals surface area contributed by atoms with Gasteiger partial charge in [0.15, 0.2) is 0 Å². The molecule has 0 amide bonds. The summed E-state index contributed by atoms with van der Waals surface area (Å²) in [6, 6.07) is 7.63. The Kier molecular flexibility index (Phi) is 4.35. The van der Waals surface area contributed by atoms with Crippen molar-refractivity contribution in [2.24, 2.45) is 0 Å². The van der Waals surface area contributed by atoms with E-state index in [1.54, 1.807) is 13.0 Å². The average molecular weight is 276 g/mol. The van der Waals surface area contributed by atoms with Crippen LogP contribution in [0.2, 0.25) is 0 Å². The van der Waals surface area contributed by atoms with Gasteiger partial charge < -0.3 is 9.52 Å². The zero-order valence-corrected chi connectivity index (χ0v) is 11.1. The summed E-state index contributed by atoms with van der Waals surface area (Å²) in [6.07, 6.45) is 2.68. The first-order valence-corrected chi connectivity index (χ1v) is 6.55. The number of aromatic nitrogens is 2. The van der Waals surface area contributed by atoms with E-state index in [2.05, 4.69) is 10.2 Å². The first kappa shape index (κ1) is 13.4. The highest BCUT2D eigenvalue weighted by molar-refractivity contribution is 7.98. The molecule has 1 heterocycles. The minimum atomic E-state index is -0.957. The normalized spacial score (nSPS) is 11.0. The van der Waals surface area contributed by atoms with Gasteiger partial charge in [-0.05, 0) is 17.2 Å². The van der Waals surface area contributed by atoms with Gasteiger partial charge in [0.05, 0.1) is 0 Å². The molecule has 2 aromatic rings. The van der Waals surface area contributed by atoms with Crippen molar-refractivity contribution >= 4 is 23.8 Å². The molecule has 0 aliphatic rings. The van der Waals surface area contributed by atoms with Crippen molar-refractivity contribution < 1.29 is 14.3 Å². The minimum Gasteiger partial charge on any atom is -0.478 e. The minimum absolute atomic E-state index is 0.531. The van der Waals surface area contributed by atoms with E-state index in [-0.39, 0.29) is 0 Å². The maximum absolute atomic E-state index is 10.5. The van der Waals surface area contributed by atoms with Crippen LogP contribution in [-0.4, -0.2) is 21.3 Å². The number of rotatable bonds is 5. The van der Waals surface area contributed by atoms with Gasteiger partial charge in [0, 0.05) is 18.8 Å². The van der Waals surface area contributed by atoms with Crippen LogP contribution in [0.3, 0.4) is 0 Å². The molecule has 6 heteroatoms. The van der Waals surface area contributed by atoms with E-state index in [1.807, 2.05) is 24.3 Å². The van der Waals surface area contributed by atoms with Gasteiger partial charge in [-0.2, -0.15) is 0 Å². The summed E-state index contributed by atoms with van der Waals surface area (Å²) in [5.41, 5.74) is 1.91. The Morgan fingerprint density at radius 1 is 1.47 bits per heavy atom. The predicted octanol–water partition coefficient (Wildman–Crippen LogP) is 2.77. The highest BCUT2D eigenvalue weighted by Crippen LogP contribution is 2.21. The molecule has 5 nitrogen and oxygen atoms in total. The molecular weight excluding hydrogens is 264 g/mol. The highest BCUT2D eigenvalue weighted by Gasteiger charge is 2.03.